The number of aliphatic hydroxyl groups is 2. The maximum absolute atomic E-state index is 9.67. The average Bonchev–Trinajstić information content (AvgIpc) is 2.36. The molecule has 0 fully saturated rings. The van der Waals surface area contributed by atoms with E-state index in [0.717, 1.165) is 11.4 Å². The van der Waals surface area contributed by atoms with Crippen molar-refractivity contribution < 1.29 is 10.2 Å². The van der Waals surface area contributed by atoms with Crippen molar-refractivity contribution in [3.05, 3.63) is 23.5 Å². The Morgan fingerprint density at radius 1 is 1.31 bits per heavy atom. The first-order valence-corrected chi connectivity index (χ1v) is 4.42. The molecule has 74 valence electrons. The number of aryl methyl sites for hydroxylation is 2. The van der Waals surface area contributed by atoms with Crippen LogP contribution < -0.4 is 0 Å². The molecule has 0 radical (unpaired) electrons. The number of rotatable bonds is 3. The molecule has 0 aromatic carbocycles. The van der Waals surface area contributed by atoms with Gasteiger partial charge in [0.1, 0.15) is 5.60 Å². The number of hydrogen-bond donors (Lipinski definition) is 2. The van der Waals surface area contributed by atoms with Crippen LogP contribution in [0.5, 0.6) is 0 Å². The summed E-state index contributed by atoms with van der Waals surface area (Å²) >= 11 is 0. The molecule has 0 aliphatic carbocycles. The first kappa shape index (κ1) is 10.3. The molecule has 1 aromatic heterocycles. The van der Waals surface area contributed by atoms with E-state index in [-0.39, 0.29) is 6.61 Å². The lowest BCUT2D eigenvalue weighted by molar-refractivity contribution is -0.0126. The van der Waals surface area contributed by atoms with Gasteiger partial charge in [-0.2, -0.15) is 0 Å². The van der Waals surface area contributed by atoms with E-state index in [2.05, 4.69) is 0 Å². The summed E-state index contributed by atoms with van der Waals surface area (Å²) in [5.74, 6) is 0. The predicted molar refractivity (Wildman–Crippen MR) is 51.6 cm³/mol. The molecule has 1 unspecified atom stereocenters. The Morgan fingerprint density at radius 2 is 1.77 bits per heavy atom. The number of hydrogen-bond acceptors (Lipinski definition) is 2. The van der Waals surface area contributed by atoms with E-state index >= 15 is 0 Å². The number of nitrogens with zero attached hydrogens (tertiary/aromatic N) is 1. The normalized spacial score (nSPS) is 15.8. The minimum absolute atomic E-state index is 0.218. The fraction of sp³-hybridized carbons (Fsp3) is 0.600. The lowest BCUT2D eigenvalue weighted by atomic mass is 10.1. The van der Waals surface area contributed by atoms with Gasteiger partial charge in [0.15, 0.2) is 0 Å². The SMILES string of the molecule is Cc1ccc(C)n1CC(C)(O)CO. The molecule has 1 heterocycles. The van der Waals surface area contributed by atoms with Gasteiger partial charge in [-0.3, -0.25) is 0 Å². The molecular formula is C10H17NO2. The van der Waals surface area contributed by atoms with Crippen LogP contribution >= 0.6 is 0 Å². The van der Waals surface area contributed by atoms with E-state index in [1.54, 1.807) is 6.92 Å². The van der Waals surface area contributed by atoms with Crippen LogP contribution in [0.15, 0.2) is 12.1 Å². The van der Waals surface area contributed by atoms with Crippen LogP contribution in [-0.2, 0) is 6.54 Å². The minimum Gasteiger partial charge on any atom is -0.393 e. The zero-order chi connectivity index (χ0) is 10.1. The summed E-state index contributed by atoms with van der Waals surface area (Å²) in [5.41, 5.74) is 1.17. The molecule has 0 aliphatic heterocycles. The lowest BCUT2D eigenvalue weighted by Crippen LogP contribution is -2.35. The molecule has 3 heteroatoms. The number of aromatic nitrogens is 1. The standard InChI is InChI=1S/C10H17NO2/c1-8-4-5-9(2)11(8)6-10(3,13)7-12/h4-5,12-13H,6-7H2,1-3H3. The summed E-state index contributed by atoms with van der Waals surface area (Å²) in [6.07, 6.45) is 0. The summed E-state index contributed by atoms with van der Waals surface area (Å²) < 4.78 is 2.00. The Labute approximate surface area is 78.6 Å². The van der Waals surface area contributed by atoms with Gasteiger partial charge in [0, 0.05) is 11.4 Å². The van der Waals surface area contributed by atoms with Gasteiger partial charge in [-0.15, -0.1) is 0 Å². The van der Waals surface area contributed by atoms with E-state index < -0.39 is 5.60 Å². The molecule has 13 heavy (non-hydrogen) atoms. The Bertz CT molecular complexity index is 270. The second-order valence-electron chi connectivity index (χ2n) is 3.86. The summed E-state index contributed by atoms with van der Waals surface area (Å²) in [5, 5.41) is 18.6. The Morgan fingerprint density at radius 3 is 2.15 bits per heavy atom. The first-order chi connectivity index (χ1) is 5.96. The Balaban J connectivity index is 2.85. The van der Waals surface area contributed by atoms with Crippen molar-refractivity contribution >= 4 is 0 Å². The van der Waals surface area contributed by atoms with Gasteiger partial charge in [-0.05, 0) is 32.9 Å². The van der Waals surface area contributed by atoms with Gasteiger partial charge in [-0.25, -0.2) is 0 Å². The van der Waals surface area contributed by atoms with Crippen LogP contribution in [0.3, 0.4) is 0 Å². The molecule has 0 saturated carbocycles. The zero-order valence-electron chi connectivity index (χ0n) is 8.41. The quantitative estimate of drug-likeness (QED) is 0.729. The van der Waals surface area contributed by atoms with Crippen molar-refractivity contribution in [1.82, 2.24) is 4.57 Å². The summed E-state index contributed by atoms with van der Waals surface area (Å²) in [6, 6.07) is 4.01. The van der Waals surface area contributed by atoms with E-state index in [4.69, 9.17) is 5.11 Å². The maximum Gasteiger partial charge on any atom is 0.103 e. The van der Waals surface area contributed by atoms with E-state index in [9.17, 15) is 5.11 Å². The highest BCUT2D eigenvalue weighted by Gasteiger charge is 2.20. The second-order valence-corrected chi connectivity index (χ2v) is 3.86. The largest absolute Gasteiger partial charge is 0.393 e. The monoisotopic (exact) mass is 183 g/mol. The molecule has 0 bridgehead atoms. The predicted octanol–water partition coefficient (Wildman–Crippen LogP) is 0.848. The van der Waals surface area contributed by atoms with Crippen LogP contribution in [0, 0.1) is 13.8 Å². The molecule has 1 rings (SSSR count). The molecule has 1 aromatic rings. The van der Waals surface area contributed by atoms with E-state index in [1.807, 2.05) is 30.5 Å². The average molecular weight is 183 g/mol. The zero-order valence-corrected chi connectivity index (χ0v) is 8.41. The lowest BCUT2D eigenvalue weighted by Gasteiger charge is -2.23. The molecule has 1 atom stereocenters. The third-order valence-electron chi connectivity index (χ3n) is 2.26. The fourth-order valence-electron chi connectivity index (χ4n) is 1.34. The topological polar surface area (TPSA) is 45.4 Å². The summed E-state index contributed by atoms with van der Waals surface area (Å²) in [6.45, 7) is 5.82. The second kappa shape index (κ2) is 3.52. The van der Waals surface area contributed by atoms with Gasteiger partial charge in [0.25, 0.3) is 0 Å². The van der Waals surface area contributed by atoms with Gasteiger partial charge in [-0.1, -0.05) is 0 Å². The van der Waals surface area contributed by atoms with Crippen molar-refractivity contribution in [1.29, 1.82) is 0 Å². The highest BCUT2D eigenvalue weighted by molar-refractivity contribution is 5.14. The van der Waals surface area contributed by atoms with Crippen molar-refractivity contribution in [2.24, 2.45) is 0 Å². The number of aliphatic hydroxyl groups excluding tert-OH is 1. The van der Waals surface area contributed by atoms with Gasteiger partial charge >= 0.3 is 0 Å². The highest BCUT2D eigenvalue weighted by atomic mass is 16.3. The van der Waals surface area contributed by atoms with Crippen LogP contribution in [0.2, 0.25) is 0 Å². The van der Waals surface area contributed by atoms with Crippen molar-refractivity contribution in [2.45, 2.75) is 32.9 Å². The fourth-order valence-corrected chi connectivity index (χ4v) is 1.34. The summed E-state index contributed by atoms with van der Waals surface area (Å²) in [7, 11) is 0. The van der Waals surface area contributed by atoms with Crippen LogP contribution in [0.1, 0.15) is 18.3 Å². The molecule has 0 saturated heterocycles. The molecular weight excluding hydrogens is 166 g/mol. The first-order valence-electron chi connectivity index (χ1n) is 4.42. The molecule has 0 aliphatic rings. The van der Waals surface area contributed by atoms with Gasteiger partial charge < -0.3 is 14.8 Å². The van der Waals surface area contributed by atoms with Crippen LogP contribution in [0.25, 0.3) is 0 Å². The van der Waals surface area contributed by atoms with Crippen LogP contribution in [-0.4, -0.2) is 27.0 Å². The van der Waals surface area contributed by atoms with Crippen molar-refractivity contribution in [3.8, 4) is 0 Å². The third kappa shape index (κ3) is 2.32. The minimum atomic E-state index is -1.03. The molecule has 0 spiro atoms. The van der Waals surface area contributed by atoms with Gasteiger partial charge in [0.2, 0.25) is 0 Å². The molecule has 2 N–H and O–H groups in total. The molecule has 0 amide bonds. The highest BCUT2D eigenvalue weighted by Crippen LogP contribution is 2.13. The molecule has 3 nitrogen and oxygen atoms in total. The summed E-state index contributed by atoms with van der Waals surface area (Å²) in [4.78, 5) is 0. The van der Waals surface area contributed by atoms with Crippen molar-refractivity contribution in [2.75, 3.05) is 6.61 Å². The van der Waals surface area contributed by atoms with Crippen molar-refractivity contribution in [3.63, 3.8) is 0 Å². The van der Waals surface area contributed by atoms with E-state index in [0.29, 0.717) is 6.54 Å². The Kier molecular flexibility index (Phi) is 2.78. The smallest absolute Gasteiger partial charge is 0.103 e. The van der Waals surface area contributed by atoms with Crippen LogP contribution in [0.4, 0.5) is 0 Å². The Hall–Kier alpha value is -0.800. The maximum atomic E-state index is 9.67. The van der Waals surface area contributed by atoms with E-state index in [1.165, 1.54) is 0 Å². The third-order valence-corrected chi connectivity index (χ3v) is 2.26. The van der Waals surface area contributed by atoms with Gasteiger partial charge in [0.05, 0.1) is 13.2 Å².